The van der Waals surface area contributed by atoms with Crippen molar-refractivity contribution in [2.75, 3.05) is 0 Å². The van der Waals surface area contributed by atoms with Gasteiger partial charge < -0.3 is 4.98 Å². The Kier molecular flexibility index (Phi) is 2.14. The normalized spacial score (nSPS) is 10.6. The summed E-state index contributed by atoms with van der Waals surface area (Å²) in [5, 5.41) is 1.85. The lowest BCUT2D eigenvalue weighted by Gasteiger charge is -1.99. The first-order valence-electron chi connectivity index (χ1n) is 3.65. The van der Waals surface area contributed by atoms with Gasteiger partial charge in [0.1, 0.15) is 0 Å². The van der Waals surface area contributed by atoms with Crippen LogP contribution in [0.25, 0.3) is 10.8 Å². The molecule has 0 saturated carbocycles. The van der Waals surface area contributed by atoms with Crippen LogP contribution in [0.1, 0.15) is 0 Å². The van der Waals surface area contributed by atoms with E-state index in [-0.39, 0.29) is 5.56 Å². The molecule has 0 radical (unpaired) electrons. The Hall–Kier alpha value is -0.800. The van der Waals surface area contributed by atoms with E-state index in [0.717, 1.165) is 5.39 Å². The zero-order valence-corrected chi connectivity index (χ0v) is 8.82. The molecule has 1 aromatic carbocycles. The zero-order chi connectivity index (χ0) is 9.42. The Morgan fingerprint density at radius 2 is 2.15 bits per heavy atom. The summed E-state index contributed by atoms with van der Waals surface area (Å²) < 4.78 is 0.660. The van der Waals surface area contributed by atoms with Gasteiger partial charge in [-0.25, -0.2) is 0 Å². The molecule has 0 fully saturated rings. The number of halogens is 2. The molecule has 0 aliphatic rings. The maximum atomic E-state index is 11.5. The first-order valence-corrected chi connectivity index (χ1v) is 4.82. The van der Waals surface area contributed by atoms with Gasteiger partial charge in [-0.1, -0.05) is 23.7 Å². The molecule has 13 heavy (non-hydrogen) atoms. The first kappa shape index (κ1) is 8.78. The first-order chi connectivity index (χ1) is 6.18. The molecular formula is C9H5BrClNO. The molecule has 2 rings (SSSR count). The number of fused-ring (bicyclic) bond motifs is 1. The highest BCUT2D eigenvalue weighted by molar-refractivity contribution is 9.10. The molecule has 66 valence electrons. The van der Waals surface area contributed by atoms with Crippen molar-refractivity contribution in [2.45, 2.75) is 0 Å². The van der Waals surface area contributed by atoms with Crippen molar-refractivity contribution in [3.05, 3.63) is 44.2 Å². The summed E-state index contributed by atoms with van der Waals surface area (Å²) in [6, 6.07) is 7.19. The maximum Gasteiger partial charge on any atom is 0.258 e. The lowest BCUT2D eigenvalue weighted by atomic mass is 10.2. The topological polar surface area (TPSA) is 32.9 Å². The lowest BCUT2D eigenvalue weighted by Crippen LogP contribution is -2.06. The largest absolute Gasteiger partial charge is 0.316 e. The van der Waals surface area contributed by atoms with Crippen molar-refractivity contribution in [1.29, 1.82) is 0 Å². The van der Waals surface area contributed by atoms with Crippen LogP contribution in [-0.4, -0.2) is 4.98 Å². The summed E-state index contributed by atoms with van der Waals surface area (Å²) in [4.78, 5) is 14.1. The van der Waals surface area contributed by atoms with Gasteiger partial charge >= 0.3 is 0 Å². The van der Waals surface area contributed by atoms with Gasteiger partial charge in [-0.15, -0.1) is 0 Å². The quantitative estimate of drug-likeness (QED) is 0.724. The Balaban J connectivity index is 3.03. The van der Waals surface area contributed by atoms with Gasteiger partial charge in [0, 0.05) is 0 Å². The van der Waals surface area contributed by atoms with E-state index in [0.29, 0.717) is 15.0 Å². The molecule has 2 aromatic rings. The van der Waals surface area contributed by atoms with Crippen LogP contribution in [0.2, 0.25) is 5.02 Å². The third-order valence-corrected chi connectivity index (χ3v) is 2.53. The van der Waals surface area contributed by atoms with Crippen molar-refractivity contribution in [2.24, 2.45) is 0 Å². The van der Waals surface area contributed by atoms with Crippen LogP contribution in [0.5, 0.6) is 0 Å². The number of aromatic amines is 1. The van der Waals surface area contributed by atoms with Crippen LogP contribution in [0.15, 0.2) is 33.7 Å². The number of hydrogen-bond acceptors (Lipinski definition) is 1. The van der Waals surface area contributed by atoms with Crippen LogP contribution in [0, 0.1) is 0 Å². The van der Waals surface area contributed by atoms with Gasteiger partial charge in [0.05, 0.1) is 15.0 Å². The lowest BCUT2D eigenvalue weighted by molar-refractivity contribution is 1.23. The van der Waals surface area contributed by atoms with E-state index in [2.05, 4.69) is 20.9 Å². The summed E-state index contributed by atoms with van der Waals surface area (Å²) in [7, 11) is 0. The molecule has 4 heteroatoms. The molecule has 0 aliphatic carbocycles. The molecular weight excluding hydrogens is 253 g/mol. The Morgan fingerprint density at radius 1 is 1.38 bits per heavy atom. The van der Waals surface area contributed by atoms with Gasteiger partial charge in [-0.2, -0.15) is 0 Å². The van der Waals surface area contributed by atoms with Crippen LogP contribution >= 0.6 is 27.5 Å². The third kappa shape index (κ3) is 1.49. The average molecular weight is 259 g/mol. The summed E-state index contributed by atoms with van der Waals surface area (Å²) in [6.07, 6.45) is 0. The highest BCUT2D eigenvalue weighted by Gasteiger charge is 2.03. The summed E-state index contributed by atoms with van der Waals surface area (Å²) in [5.41, 5.74) is -0.171. The fourth-order valence-electron chi connectivity index (χ4n) is 1.24. The molecule has 0 aliphatic heterocycles. The molecule has 2 nitrogen and oxygen atoms in total. The van der Waals surface area contributed by atoms with Crippen LogP contribution in [0.4, 0.5) is 0 Å². The Morgan fingerprint density at radius 3 is 2.92 bits per heavy atom. The van der Waals surface area contributed by atoms with Gasteiger partial charge in [0.2, 0.25) is 0 Å². The molecule has 0 unspecified atom stereocenters. The van der Waals surface area contributed by atoms with Gasteiger partial charge in [0.25, 0.3) is 5.56 Å². The SMILES string of the molecule is O=c1[nH]c(Br)cc2cccc(Cl)c12. The highest BCUT2D eigenvalue weighted by atomic mass is 79.9. The smallest absolute Gasteiger partial charge is 0.258 e. The molecule has 1 N–H and O–H groups in total. The number of rotatable bonds is 0. The van der Waals surface area contributed by atoms with Crippen LogP contribution in [0.3, 0.4) is 0 Å². The Bertz CT molecular complexity index is 520. The standard InChI is InChI=1S/C9H5BrClNO/c10-7-4-5-2-1-3-6(11)8(5)9(13)12-7/h1-4H,(H,12,13). The van der Waals surface area contributed by atoms with Crippen molar-refractivity contribution in [3.63, 3.8) is 0 Å². The second-order valence-corrected chi connectivity index (χ2v) is 3.91. The second-order valence-electron chi connectivity index (χ2n) is 2.65. The molecule has 1 heterocycles. The number of hydrogen-bond donors (Lipinski definition) is 1. The number of pyridine rings is 1. The summed E-state index contributed by atoms with van der Waals surface area (Å²) in [5.74, 6) is 0. The predicted octanol–water partition coefficient (Wildman–Crippen LogP) is 2.94. The second kappa shape index (κ2) is 3.16. The minimum Gasteiger partial charge on any atom is -0.316 e. The molecule has 0 amide bonds. The monoisotopic (exact) mass is 257 g/mol. The fourth-order valence-corrected chi connectivity index (χ4v) is 1.94. The fraction of sp³-hybridized carbons (Fsp3) is 0. The van der Waals surface area contributed by atoms with Crippen LogP contribution < -0.4 is 5.56 Å². The van der Waals surface area contributed by atoms with Crippen molar-refractivity contribution in [3.8, 4) is 0 Å². The van der Waals surface area contributed by atoms with E-state index in [1.165, 1.54) is 0 Å². The molecule has 0 bridgehead atoms. The summed E-state index contributed by atoms with van der Waals surface area (Å²) in [6.45, 7) is 0. The number of nitrogens with one attached hydrogen (secondary N) is 1. The van der Waals surface area contributed by atoms with Crippen molar-refractivity contribution >= 4 is 38.3 Å². The van der Waals surface area contributed by atoms with Gasteiger partial charge in [-0.3, -0.25) is 4.79 Å². The number of H-pyrrole nitrogens is 1. The number of aromatic nitrogens is 1. The minimum absolute atomic E-state index is 0.171. The molecule has 0 saturated heterocycles. The number of benzene rings is 1. The molecule has 0 atom stereocenters. The van der Waals surface area contributed by atoms with Crippen molar-refractivity contribution in [1.82, 2.24) is 4.98 Å². The predicted molar refractivity (Wildman–Crippen MR) is 57.3 cm³/mol. The van der Waals surface area contributed by atoms with E-state index in [9.17, 15) is 4.79 Å². The molecule has 0 spiro atoms. The average Bonchev–Trinajstić information content (AvgIpc) is 2.02. The Labute approximate surface area is 87.7 Å². The minimum atomic E-state index is -0.171. The van der Waals surface area contributed by atoms with E-state index in [1.54, 1.807) is 6.07 Å². The van der Waals surface area contributed by atoms with E-state index < -0.39 is 0 Å². The summed E-state index contributed by atoms with van der Waals surface area (Å²) >= 11 is 9.09. The van der Waals surface area contributed by atoms with Gasteiger partial charge in [-0.05, 0) is 33.4 Å². The van der Waals surface area contributed by atoms with Gasteiger partial charge in [0.15, 0.2) is 0 Å². The zero-order valence-electron chi connectivity index (χ0n) is 6.47. The van der Waals surface area contributed by atoms with Crippen molar-refractivity contribution < 1.29 is 0 Å². The van der Waals surface area contributed by atoms with Crippen LogP contribution in [-0.2, 0) is 0 Å². The third-order valence-electron chi connectivity index (χ3n) is 1.79. The van der Waals surface area contributed by atoms with E-state index >= 15 is 0 Å². The molecule has 1 aromatic heterocycles. The van der Waals surface area contributed by atoms with E-state index in [4.69, 9.17) is 11.6 Å². The van der Waals surface area contributed by atoms with E-state index in [1.807, 2.05) is 18.2 Å². The highest BCUT2D eigenvalue weighted by Crippen LogP contribution is 2.21. The maximum absolute atomic E-state index is 11.5.